The van der Waals surface area contributed by atoms with Gasteiger partial charge in [0, 0.05) is 0 Å². The molecule has 0 amide bonds. The fourth-order valence-corrected chi connectivity index (χ4v) is 1.39. The molecule has 0 fully saturated rings. The monoisotopic (exact) mass is 310 g/mol. The summed E-state index contributed by atoms with van der Waals surface area (Å²) in [6.45, 7) is 0. The maximum absolute atomic E-state index is 10.7. The molecule has 0 aliphatic carbocycles. The van der Waals surface area contributed by atoms with Gasteiger partial charge in [-0.15, -0.1) is 0 Å². The van der Waals surface area contributed by atoms with E-state index in [9.17, 15) is 14.4 Å². The van der Waals surface area contributed by atoms with Crippen molar-refractivity contribution in [3.05, 3.63) is 0 Å². The van der Waals surface area contributed by atoms with Crippen molar-refractivity contribution < 1.29 is 50.8 Å². The molecule has 3 N–H and O–H groups in total. The Hall–Kier alpha value is -0.850. The van der Waals surface area contributed by atoms with E-state index in [1.54, 1.807) is 0 Å². The van der Waals surface area contributed by atoms with Crippen LogP contribution in [0.1, 0.15) is 19.3 Å². The van der Waals surface area contributed by atoms with Gasteiger partial charge in [-0.25, -0.2) is 0 Å². The Kier molecular flexibility index (Phi) is 6.23. The number of aliphatic carboxylic acids is 3. The van der Waals surface area contributed by atoms with E-state index in [4.69, 9.17) is 15.3 Å². The molecule has 15 heavy (non-hydrogen) atoms. The quantitative estimate of drug-likeness (QED) is 0.585. The fourth-order valence-electron chi connectivity index (χ4n) is 0.969. The summed E-state index contributed by atoms with van der Waals surface area (Å²) in [7, 11) is 0. The topological polar surface area (TPSA) is 112 Å². The second kappa shape index (κ2) is 6.60. The Morgan fingerprint density at radius 3 is 1.93 bits per heavy atom. The van der Waals surface area contributed by atoms with E-state index in [1.165, 1.54) is 0 Å². The van der Waals surface area contributed by atoms with Crippen LogP contribution >= 0.6 is 0 Å². The van der Waals surface area contributed by atoms with Crippen LogP contribution in [0.4, 0.5) is 0 Å². The minimum atomic E-state index is -1.18. The van der Waals surface area contributed by atoms with Gasteiger partial charge in [0.15, 0.2) is 0 Å². The van der Waals surface area contributed by atoms with Crippen molar-refractivity contribution in [2.45, 2.75) is 23.4 Å². The normalized spacial score (nSPS) is 14.3. The van der Waals surface area contributed by atoms with Gasteiger partial charge in [-0.2, -0.15) is 0 Å². The maximum atomic E-state index is 10.7. The number of hydrogen-bond donors (Lipinski definition) is 3. The van der Waals surface area contributed by atoms with Crippen molar-refractivity contribution >= 4 is 17.9 Å². The summed E-state index contributed by atoms with van der Waals surface area (Å²) >= 11 is 2.83. The van der Waals surface area contributed by atoms with Crippen molar-refractivity contribution in [3.8, 4) is 0 Å². The van der Waals surface area contributed by atoms with Gasteiger partial charge in [0.05, 0.1) is 0 Å². The molecule has 6 nitrogen and oxygen atoms in total. The molecule has 0 aliphatic rings. The molecule has 2 atom stereocenters. The second-order valence-electron chi connectivity index (χ2n) is 2.96. The van der Waals surface area contributed by atoms with Gasteiger partial charge in [-0.05, 0) is 0 Å². The molecule has 0 spiro atoms. The van der Waals surface area contributed by atoms with Crippen LogP contribution in [0.2, 0.25) is 4.14 Å². The zero-order chi connectivity index (χ0) is 12.0. The van der Waals surface area contributed by atoms with Gasteiger partial charge in [-0.3, -0.25) is 0 Å². The van der Waals surface area contributed by atoms with E-state index in [0.717, 1.165) is 0 Å². The summed E-state index contributed by atoms with van der Waals surface area (Å²) in [5, 5.41) is 25.6. The Morgan fingerprint density at radius 2 is 1.60 bits per heavy atom. The first-order valence-corrected chi connectivity index (χ1v) is 4.97. The molecule has 0 aromatic rings. The SMILES string of the molecule is O=C(O)CCC(C[CH]([Ag])C(=O)O)C(=O)O. The average molecular weight is 311 g/mol. The van der Waals surface area contributed by atoms with E-state index in [0.29, 0.717) is 0 Å². The van der Waals surface area contributed by atoms with E-state index < -0.39 is 28.0 Å². The van der Waals surface area contributed by atoms with Crippen LogP contribution < -0.4 is 0 Å². The number of carboxylic acid groups (broad SMARTS) is 3. The molecule has 0 aromatic heterocycles. The number of rotatable bonds is 7. The Morgan fingerprint density at radius 1 is 1.07 bits per heavy atom. The molecule has 2 unspecified atom stereocenters. The fraction of sp³-hybridized carbons (Fsp3) is 0.625. The van der Waals surface area contributed by atoms with Gasteiger partial charge in [0.1, 0.15) is 0 Å². The third kappa shape index (κ3) is 6.27. The van der Waals surface area contributed by atoms with Crippen LogP contribution in [-0.2, 0) is 35.5 Å². The van der Waals surface area contributed by atoms with Gasteiger partial charge < -0.3 is 0 Å². The predicted octanol–water partition coefficient (Wildman–Crippen LogP) is 0.362. The molecule has 0 saturated carbocycles. The van der Waals surface area contributed by atoms with Gasteiger partial charge in [0.25, 0.3) is 0 Å². The second-order valence-corrected chi connectivity index (χ2v) is 3.99. The first kappa shape index (κ1) is 14.2. The van der Waals surface area contributed by atoms with Crippen molar-refractivity contribution in [1.82, 2.24) is 0 Å². The Labute approximate surface area is 98.2 Å². The molecular formula is C8H11AgO6. The molecule has 0 rings (SSSR count). The van der Waals surface area contributed by atoms with E-state index >= 15 is 0 Å². The molecule has 7 heteroatoms. The van der Waals surface area contributed by atoms with Gasteiger partial charge in [0.2, 0.25) is 0 Å². The summed E-state index contributed by atoms with van der Waals surface area (Å²) in [5.74, 6) is -4.39. The number of carbonyl (C=O) groups is 3. The Bertz CT molecular complexity index is 264. The van der Waals surface area contributed by atoms with Gasteiger partial charge in [-0.1, -0.05) is 0 Å². The molecule has 0 aromatic carbocycles. The minimum absolute atomic E-state index is 0.0698. The average Bonchev–Trinajstić information content (AvgIpc) is 2.10. The van der Waals surface area contributed by atoms with Gasteiger partial charge >= 0.3 is 98.0 Å². The summed E-state index contributed by atoms with van der Waals surface area (Å²) in [6.07, 6.45) is -0.480. The number of carboxylic acids is 3. The van der Waals surface area contributed by atoms with Crippen LogP contribution in [0.25, 0.3) is 0 Å². The van der Waals surface area contributed by atoms with Crippen LogP contribution in [-0.4, -0.2) is 33.2 Å². The first-order chi connectivity index (χ1) is 6.84. The third-order valence-corrected chi connectivity index (χ3v) is 2.49. The summed E-state index contributed by atoms with van der Waals surface area (Å²) < 4.78 is -0.968. The van der Waals surface area contributed by atoms with E-state index in [2.05, 4.69) is 21.1 Å². The predicted molar refractivity (Wildman–Crippen MR) is 44.0 cm³/mol. The van der Waals surface area contributed by atoms with Crippen molar-refractivity contribution in [2.75, 3.05) is 0 Å². The zero-order valence-corrected chi connectivity index (χ0v) is 9.13. The summed E-state index contributed by atoms with van der Waals surface area (Å²) in [5.41, 5.74) is 0. The van der Waals surface area contributed by atoms with E-state index in [-0.39, 0.29) is 19.3 Å². The van der Waals surface area contributed by atoms with Crippen LogP contribution in [0.3, 0.4) is 0 Å². The van der Waals surface area contributed by atoms with E-state index in [1.807, 2.05) is 0 Å². The summed E-state index contributed by atoms with van der Waals surface area (Å²) in [4.78, 5) is 31.3. The molecule has 0 radical (unpaired) electrons. The molecule has 0 bridgehead atoms. The zero-order valence-electron chi connectivity index (χ0n) is 7.64. The van der Waals surface area contributed by atoms with Crippen molar-refractivity contribution in [1.29, 1.82) is 0 Å². The summed E-state index contributed by atoms with van der Waals surface area (Å²) in [6, 6.07) is 0. The Balaban J connectivity index is 4.22. The molecule has 0 aliphatic heterocycles. The van der Waals surface area contributed by atoms with Crippen molar-refractivity contribution in [3.63, 3.8) is 0 Å². The molecule has 0 heterocycles. The van der Waals surface area contributed by atoms with Crippen LogP contribution in [0, 0.1) is 5.92 Å². The standard InChI is InChI=1S/C8H11O6.Ag/c9-6(10)3-1-5(8(13)14)2-4-7(11)12;/h3,5H,1-2,4H2,(H,9,10)(H,11,12)(H,13,14);. The molecule has 0 saturated heterocycles. The number of hydrogen-bond acceptors (Lipinski definition) is 3. The first-order valence-electron chi connectivity index (χ1n) is 4.11. The third-order valence-electron chi connectivity index (χ3n) is 1.78. The van der Waals surface area contributed by atoms with Crippen molar-refractivity contribution in [2.24, 2.45) is 5.92 Å². The molecule has 90 valence electrons. The van der Waals surface area contributed by atoms with Crippen LogP contribution in [0.5, 0.6) is 0 Å². The van der Waals surface area contributed by atoms with Crippen LogP contribution in [0.15, 0.2) is 0 Å². The molecular weight excluding hydrogens is 300 g/mol.